The molecule has 2 amide bonds. The molecular weight excluding hydrogens is 388 g/mol. The van der Waals surface area contributed by atoms with Crippen molar-refractivity contribution in [3.8, 4) is 11.1 Å². The first-order valence-electron chi connectivity index (χ1n) is 10.8. The number of anilines is 1. The van der Waals surface area contributed by atoms with E-state index in [0.29, 0.717) is 12.4 Å². The Kier molecular flexibility index (Phi) is 6.16. The van der Waals surface area contributed by atoms with Crippen molar-refractivity contribution in [2.75, 3.05) is 18.0 Å². The molecule has 31 heavy (non-hydrogen) atoms. The highest BCUT2D eigenvalue weighted by Crippen LogP contribution is 2.28. The SMILES string of the molecule is CCCC[C@H]1CN(c2cccc(-c3ccccc3)c2)C(=O)CN1C(=O)c1ncc(C)[nH]1. The van der Waals surface area contributed by atoms with Gasteiger partial charge in [0.15, 0.2) is 5.82 Å². The molecule has 0 aliphatic carbocycles. The van der Waals surface area contributed by atoms with Gasteiger partial charge in [0.05, 0.1) is 6.04 Å². The molecule has 1 fully saturated rings. The standard InChI is InChI=1S/C25H28N4O2/c1-3-4-12-22-16-28(21-13-8-11-20(14-21)19-9-6-5-7-10-19)23(30)17-29(22)25(31)24-26-15-18(2)27-24/h5-11,13-15,22H,3-4,12,16-17H2,1-2H3,(H,26,27)/t22-/m0/s1. The second kappa shape index (κ2) is 9.16. The van der Waals surface area contributed by atoms with Crippen molar-refractivity contribution >= 4 is 17.5 Å². The summed E-state index contributed by atoms with van der Waals surface area (Å²) in [6.07, 6.45) is 4.53. The van der Waals surface area contributed by atoms with Gasteiger partial charge in [-0.25, -0.2) is 4.98 Å². The minimum atomic E-state index is -0.208. The number of aromatic amines is 1. The number of piperazine rings is 1. The van der Waals surface area contributed by atoms with Crippen LogP contribution in [0.15, 0.2) is 60.8 Å². The summed E-state index contributed by atoms with van der Waals surface area (Å²) in [6, 6.07) is 18.1. The monoisotopic (exact) mass is 416 g/mol. The van der Waals surface area contributed by atoms with E-state index in [1.165, 1.54) is 0 Å². The molecule has 3 aromatic rings. The third-order valence-electron chi connectivity index (χ3n) is 5.76. The molecule has 0 saturated carbocycles. The van der Waals surface area contributed by atoms with Gasteiger partial charge in [0.1, 0.15) is 6.54 Å². The minimum Gasteiger partial charge on any atom is -0.338 e. The molecule has 1 aromatic heterocycles. The Labute approximate surface area is 182 Å². The van der Waals surface area contributed by atoms with Crippen molar-refractivity contribution in [1.82, 2.24) is 14.9 Å². The van der Waals surface area contributed by atoms with Gasteiger partial charge in [-0.2, -0.15) is 0 Å². The van der Waals surface area contributed by atoms with E-state index in [1.54, 1.807) is 11.1 Å². The predicted octanol–water partition coefficient (Wildman–Crippen LogP) is 4.43. The number of hydrogen-bond acceptors (Lipinski definition) is 3. The molecule has 160 valence electrons. The van der Waals surface area contributed by atoms with Crippen LogP contribution in [0.2, 0.25) is 0 Å². The Bertz CT molecular complexity index is 1060. The van der Waals surface area contributed by atoms with Gasteiger partial charge in [-0.1, -0.05) is 62.2 Å². The van der Waals surface area contributed by atoms with E-state index < -0.39 is 0 Å². The van der Waals surface area contributed by atoms with Gasteiger partial charge in [0, 0.05) is 24.1 Å². The maximum atomic E-state index is 13.1. The zero-order valence-electron chi connectivity index (χ0n) is 18.0. The number of carbonyl (C=O) groups excluding carboxylic acids is 2. The average molecular weight is 417 g/mol. The molecule has 1 atom stereocenters. The topological polar surface area (TPSA) is 69.3 Å². The summed E-state index contributed by atoms with van der Waals surface area (Å²) in [4.78, 5) is 36.9. The highest BCUT2D eigenvalue weighted by molar-refractivity contribution is 6.01. The van der Waals surface area contributed by atoms with E-state index in [9.17, 15) is 9.59 Å². The maximum absolute atomic E-state index is 13.1. The normalized spacial score (nSPS) is 16.6. The quantitative estimate of drug-likeness (QED) is 0.646. The van der Waals surface area contributed by atoms with E-state index in [1.807, 2.05) is 42.2 Å². The van der Waals surface area contributed by atoms with Crippen molar-refractivity contribution in [2.24, 2.45) is 0 Å². The number of H-pyrrole nitrogens is 1. The van der Waals surface area contributed by atoms with E-state index in [-0.39, 0.29) is 24.4 Å². The van der Waals surface area contributed by atoms with Crippen LogP contribution in [0, 0.1) is 6.92 Å². The molecule has 1 aliphatic rings. The lowest BCUT2D eigenvalue weighted by Crippen LogP contribution is -2.58. The molecule has 2 aromatic carbocycles. The van der Waals surface area contributed by atoms with E-state index in [4.69, 9.17) is 0 Å². The number of nitrogens with zero attached hydrogens (tertiary/aromatic N) is 3. The number of carbonyl (C=O) groups is 2. The Hall–Kier alpha value is -3.41. The van der Waals surface area contributed by atoms with E-state index >= 15 is 0 Å². The second-order valence-electron chi connectivity index (χ2n) is 8.06. The zero-order chi connectivity index (χ0) is 21.8. The number of benzene rings is 2. The second-order valence-corrected chi connectivity index (χ2v) is 8.06. The molecule has 0 bridgehead atoms. The summed E-state index contributed by atoms with van der Waals surface area (Å²) in [6.45, 7) is 4.54. The first kappa shape index (κ1) is 20.8. The Balaban J connectivity index is 1.60. The highest BCUT2D eigenvalue weighted by atomic mass is 16.2. The summed E-state index contributed by atoms with van der Waals surface area (Å²) in [5.74, 6) is 0.0150. The van der Waals surface area contributed by atoms with Crippen molar-refractivity contribution in [3.05, 3.63) is 72.3 Å². The number of aryl methyl sites for hydroxylation is 1. The Morgan fingerprint density at radius 3 is 2.61 bits per heavy atom. The fourth-order valence-electron chi connectivity index (χ4n) is 4.09. The van der Waals surface area contributed by atoms with Crippen molar-refractivity contribution in [3.63, 3.8) is 0 Å². The van der Waals surface area contributed by atoms with Gasteiger partial charge in [0.25, 0.3) is 5.91 Å². The highest BCUT2D eigenvalue weighted by Gasteiger charge is 2.36. The molecule has 4 rings (SSSR count). The van der Waals surface area contributed by atoms with Gasteiger partial charge in [0.2, 0.25) is 5.91 Å². The number of imidazole rings is 1. The third kappa shape index (κ3) is 4.53. The van der Waals surface area contributed by atoms with Gasteiger partial charge in [-0.3, -0.25) is 9.59 Å². The first-order valence-corrected chi connectivity index (χ1v) is 10.8. The lowest BCUT2D eigenvalue weighted by molar-refractivity contribution is -0.121. The number of rotatable bonds is 6. The molecule has 1 N–H and O–H groups in total. The van der Waals surface area contributed by atoms with Crippen LogP contribution < -0.4 is 4.90 Å². The molecule has 2 heterocycles. The number of unbranched alkanes of at least 4 members (excludes halogenated alkanes) is 1. The van der Waals surface area contributed by atoms with Crippen molar-refractivity contribution in [2.45, 2.75) is 39.2 Å². The minimum absolute atomic E-state index is 0.0454. The largest absolute Gasteiger partial charge is 0.338 e. The number of amides is 2. The molecule has 0 unspecified atom stereocenters. The summed E-state index contributed by atoms with van der Waals surface area (Å²) in [5.41, 5.74) is 3.88. The van der Waals surface area contributed by atoms with E-state index in [0.717, 1.165) is 41.8 Å². The van der Waals surface area contributed by atoms with Crippen LogP contribution in [0.1, 0.15) is 42.5 Å². The van der Waals surface area contributed by atoms with Gasteiger partial charge >= 0.3 is 0 Å². The fraction of sp³-hybridized carbons (Fsp3) is 0.320. The summed E-state index contributed by atoms with van der Waals surface area (Å²) in [7, 11) is 0. The molecule has 1 aliphatic heterocycles. The molecule has 0 radical (unpaired) electrons. The zero-order valence-corrected chi connectivity index (χ0v) is 18.0. The van der Waals surface area contributed by atoms with Gasteiger partial charge in [-0.15, -0.1) is 0 Å². The Morgan fingerprint density at radius 2 is 1.90 bits per heavy atom. The van der Waals surface area contributed by atoms with Crippen LogP contribution in [0.5, 0.6) is 0 Å². The maximum Gasteiger partial charge on any atom is 0.290 e. The molecule has 6 nitrogen and oxygen atoms in total. The summed E-state index contributed by atoms with van der Waals surface area (Å²) in [5, 5.41) is 0. The molecule has 0 spiro atoms. The number of nitrogens with one attached hydrogen (secondary N) is 1. The third-order valence-corrected chi connectivity index (χ3v) is 5.76. The molecule has 1 saturated heterocycles. The predicted molar refractivity (Wildman–Crippen MR) is 122 cm³/mol. The summed E-state index contributed by atoms with van der Waals surface area (Å²) >= 11 is 0. The lowest BCUT2D eigenvalue weighted by Gasteiger charge is -2.41. The van der Waals surface area contributed by atoms with Crippen LogP contribution in [-0.4, -0.2) is 45.8 Å². The lowest BCUT2D eigenvalue weighted by atomic mass is 10.0. The number of hydrogen-bond donors (Lipinski definition) is 1. The van der Waals surface area contributed by atoms with E-state index in [2.05, 4.69) is 41.2 Å². The average Bonchev–Trinajstić information content (AvgIpc) is 3.24. The smallest absolute Gasteiger partial charge is 0.290 e. The van der Waals surface area contributed by atoms with Crippen LogP contribution in [-0.2, 0) is 4.79 Å². The Morgan fingerprint density at radius 1 is 1.13 bits per heavy atom. The van der Waals surface area contributed by atoms with Crippen molar-refractivity contribution < 1.29 is 9.59 Å². The summed E-state index contributed by atoms with van der Waals surface area (Å²) < 4.78 is 0. The first-order chi connectivity index (χ1) is 15.1. The fourth-order valence-corrected chi connectivity index (χ4v) is 4.09. The van der Waals surface area contributed by atoms with Crippen LogP contribution in [0.4, 0.5) is 5.69 Å². The molecule has 6 heteroatoms. The molecular formula is C25H28N4O2. The number of aromatic nitrogens is 2. The van der Waals surface area contributed by atoms with Crippen LogP contribution in [0.3, 0.4) is 0 Å². The van der Waals surface area contributed by atoms with Gasteiger partial charge < -0.3 is 14.8 Å². The van der Waals surface area contributed by atoms with Gasteiger partial charge in [-0.05, 0) is 36.6 Å². The van der Waals surface area contributed by atoms with Crippen LogP contribution >= 0.6 is 0 Å². The van der Waals surface area contributed by atoms with Crippen LogP contribution in [0.25, 0.3) is 11.1 Å². The van der Waals surface area contributed by atoms with Crippen molar-refractivity contribution in [1.29, 1.82) is 0 Å².